The second-order valence-electron chi connectivity index (χ2n) is 7.20. The number of nitrogens with one attached hydrogen (secondary N) is 2. The highest BCUT2D eigenvalue weighted by molar-refractivity contribution is 7.73. The average molecular weight is 497 g/mol. The number of para-hydroxylation sites is 1. The number of ether oxygens (including phenoxy) is 3. The topological polar surface area (TPSA) is 109 Å². The van der Waals surface area contributed by atoms with Crippen LogP contribution in [0, 0.1) is 35.1 Å². The maximum atomic E-state index is 12.3. The van der Waals surface area contributed by atoms with Crippen LogP contribution in [0.1, 0.15) is 16.7 Å². The van der Waals surface area contributed by atoms with E-state index in [1.165, 1.54) is 6.08 Å². The average Bonchev–Trinajstić information content (AvgIpc) is 3.23. The van der Waals surface area contributed by atoms with Crippen molar-refractivity contribution in [1.82, 2.24) is 10.2 Å². The molecule has 0 bridgehead atoms. The summed E-state index contributed by atoms with van der Waals surface area (Å²) in [5, 5.41) is 18.7. The Balaban J connectivity index is 1.59. The highest BCUT2D eigenvalue weighted by Crippen LogP contribution is 2.29. The molecular formula is C24H24N4O4S2. The molecule has 3 rings (SSSR count). The fraction of sp³-hybridized carbons (Fsp3) is 0.250. The van der Waals surface area contributed by atoms with Gasteiger partial charge in [0.15, 0.2) is 15.5 Å². The van der Waals surface area contributed by atoms with Gasteiger partial charge in [0, 0.05) is 0 Å². The molecule has 1 amide bonds. The van der Waals surface area contributed by atoms with Gasteiger partial charge in [-0.1, -0.05) is 47.8 Å². The molecule has 0 spiro atoms. The largest absolute Gasteiger partial charge is 0.493 e. The first-order valence-corrected chi connectivity index (χ1v) is 11.6. The normalized spacial score (nSPS) is 11.6. The number of amides is 1. The van der Waals surface area contributed by atoms with Gasteiger partial charge < -0.3 is 14.2 Å². The Hall–Kier alpha value is -3.68. The highest BCUT2D eigenvalue weighted by atomic mass is 32.1. The second-order valence-corrected chi connectivity index (χ2v) is 8.87. The summed E-state index contributed by atoms with van der Waals surface area (Å²) in [7, 11) is 1.55. The van der Waals surface area contributed by atoms with E-state index in [1.54, 1.807) is 25.3 Å². The molecule has 0 saturated heterocycles. The van der Waals surface area contributed by atoms with Gasteiger partial charge in [0.25, 0.3) is 0 Å². The van der Waals surface area contributed by atoms with Gasteiger partial charge in [-0.05, 0) is 54.9 Å². The van der Waals surface area contributed by atoms with Crippen molar-refractivity contribution in [1.29, 1.82) is 5.26 Å². The molecule has 0 saturated carbocycles. The fourth-order valence-electron chi connectivity index (χ4n) is 3.09. The van der Waals surface area contributed by atoms with Gasteiger partial charge in [0.1, 0.15) is 24.9 Å². The van der Waals surface area contributed by atoms with Crippen molar-refractivity contribution >= 4 is 40.7 Å². The number of H-pyrrole nitrogens is 1. The van der Waals surface area contributed by atoms with E-state index in [-0.39, 0.29) is 0 Å². The number of hydrogen-bond donors (Lipinski definition) is 2. The SMILES string of the molecule is COc1cc(/C=C\C(C#N)C(=O)Nc2n[nH]c(=S)s2)ccc1OCCOc1c(C)cccc1C. The number of aromatic amines is 1. The summed E-state index contributed by atoms with van der Waals surface area (Å²) in [6, 6.07) is 13.3. The summed E-state index contributed by atoms with van der Waals surface area (Å²) in [4.78, 5) is 12.3. The number of nitriles is 1. The van der Waals surface area contributed by atoms with Crippen molar-refractivity contribution in [2.45, 2.75) is 13.8 Å². The van der Waals surface area contributed by atoms with Crippen molar-refractivity contribution < 1.29 is 19.0 Å². The molecule has 1 unspecified atom stereocenters. The lowest BCUT2D eigenvalue weighted by Crippen LogP contribution is -2.19. The Morgan fingerprint density at radius 3 is 2.62 bits per heavy atom. The van der Waals surface area contributed by atoms with Gasteiger partial charge in [-0.3, -0.25) is 15.2 Å². The number of aromatic nitrogens is 2. The smallest absolute Gasteiger partial charge is 0.247 e. The molecule has 0 aliphatic carbocycles. The van der Waals surface area contributed by atoms with Crippen molar-refractivity contribution in [3.05, 3.63) is 63.1 Å². The Morgan fingerprint density at radius 1 is 1.24 bits per heavy atom. The van der Waals surface area contributed by atoms with Crippen molar-refractivity contribution in [2.24, 2.45) is 5.92 Å². The molecule has 8 nitrogen and oxygen atoms in total. The zero-order valence-electron chi connectivity index (χ0n) is 19.0. The predicted octanol–water partition coefficient (Wildman–Crippen LogP) is 5.08. The first-order valence-electron chi connectivity index (χ1n) is 10.4. The Morgan fingerprint density at radius 2 is 1.97 bits per heavy atom. The molecule has 2 aromatic carbocycles. The van der Waals surface area contributed by atoms with E-state index in [2.05, 4.69) is 15.5 Å². The lowest BCUT2D eigenvalue weighted by Gasteiger charge is -2.14. The van der Waals surface area contributed by atoms with Crippen LogP contribution in [0.4, 0.5) is 5.13 Å². The number of nitrogens with zero attached hydrogens (tertiary/aromatic N) is 2. The molecule has 34 heavy (non-hydrogen) atoms. The summed E-state index contributed by atoms with van der Waals surface area (Å²) in [6.45, 7) is 4.75. The first kappa shape index (κ1) is 25.0. The minimum absolute atomic E-state index is 0.313. The van der Waals surface area contributed by atoms with Crippen LogP contribution in [-0.4, -0.2) is 36.4 Å². The lowest BCUT2D eigenvalue weighted by atomic mass is 10.1. The van der Waals surface area contributed by atoms with Crippen molar-refractivity contribution in [3.8, 4) is 23.3 Å². The molecule has 2 N–H and O–H groups in total. The maximum Gasteiger partial charge on any atom is 0.247 e. The molecule has 1 atom stereocenters. The van der Waals surface area contributed by atoms with Crippen LogP contribution < -0.4 is 19.5 Å². The molecule has 0 radical (unpaired) electrons. The third kappa shape index (κ3) is 6.66. The van der Waals surface area contributed by atoms with E-state index in [0.717, 1.165) is 33.8 Å². The fourth-order valence-corrected chi connectivity index (χ4v) is 3.88. The quantitative estimate of drug-likeness (QED) is 0.298. The zero-order valence-corrected chi connectivity index (χ0v) is 20.6. The summed E-state index contributed by atoms with van der Waals surface area (Å²) < 4.78 is 17.6. The van der Waals surface area contributed by atoms with Gasteiger partial charge in [-0.2, -0.15) is 5.26 Å². The van der Waals surface area contributed by atoms with E-state index in [9.17, 15) is 10.1 Å². The van der Waals surface area contributed by atoms with Crippen molar-refractivity contribution in [3.63, 3.8) is 0 Å². The number of anilines is 1. The highest BCUT2D eigenvalue weighted by Gasteiger charge is 2.16. The number of aryl methyl sites for hydroxylation is 2. The first-order chi connectivity index (χ1) is 16.4. The molecule has 1 aromatic heterocycles. The van der Waals surface area contributed by atoms with Gasteiger partial charge in [-0.25, -0.2) is 0 Å². The van der Waals surface area contributed by atoms with E-state index < -0.39 is 11.8 Å². The zero-order chi connectivity index (χ0) is 24.5. The van der Waals surface area contributed by atoms with Crippen LogP contribution in [0.15, 0.2) is 42.5 Å². The predicted molar refractivity (Wildman–Crippen MR) is 134 cm³/mol. The molecule has 176 valence electrons. The summed E-state index contributed by atoms with van der Waals surface area (Å²) in [6.07, 6.45) is 3.19. The summed E-state index contributed by atoms with van der Waals surface area (Å²) in [5.74, 6) is 0.475. The minimum atomic E-state index is -0.999. The molecule has 3 aromatic rings. The summed E-state index contributed by atoms with van der Waals surface area (Å²) in [5.41, 5.74) is 2.90. The van der Waals surface area contributed by atoms with E-state index in [4.69, 9.17) is 26.4 Å². The van der Waals surface area contributed by atoms with Gasteiger partial charge in [0.05, 0.1) is 13.2 Å². The number of rotatable bonds is 10. The van der Waals surface area contributed by atoms with Crippen LogP contribution in [0.5, 0.6) is 17.2 Å². The second kappa shape index (κ2) is 12.0. The van der Waals surface area contributed by atoms with Gasteiger partial charge in [-0.15, -0.1) is 5.10 Å². The van der Waals surface area contributed by atoms with Gasteiger partial charge in [0.2, 0.25) is 11.0 Å². The molecule has 10 heteroatoms. The molecule has 1 heterocycles. The van der Waals surface area contributed by atoms with Crippen LogP contribution in [0.25, 0.3) is 6.08 Å². The third-order valence-electron chi connectivity index (χ3n) is 4.75. The van der Waals surface area contributed by atoms with Gasteiger partial charge >= 0.3 is 0 Å². The molecule has 0 fully saturated rings. The maximum absolute atomic E-state index is 12.3. The van der Waals surface area contributed by atoms with Crippen LogP contribution >= 0.6 is 23.6 Å². The Bertz CT molecular complexity index is 1260. The third-order valence-corrected chi connectivity index (χ3v) is 5.76. The van der Waals surface area contributed by atoms with E-state index >= 15 is 0 Å². The lowest BCUT2D eigenvalue weighted by molar-refractivity contribution is -0.117. The summed E-state index contributed by atoms with van der Waals surface area (Å²) >= 11 is 6.05. The standard InChI is InChI=1S/C24H24N4O4S2/c1-15-5-4-6-16(2)21(15)32-12-11-31-19-10-8-17(13-20(19)30-3)7-9-18(14-25)22(29)26-23-27-28-24(33)34-23/h4-10,13,18H,11-12H2,1-3H3,(H,28,33)(H,26,27,29)/b9-7-. The van der Waals surface area contributed by atoms with E-state index in [0.29, 0.717) is 33.8 Å². The Kier molecular flexibility index (Phi) is 8.79. The number of hydrogen-bond acceptors (Lipinski definition) is 8. The van der Waals surface area contributed by atoms with Crippen LogP contribution in [0.2, 0.25) is 0 Å². The number of carbonyl (C=O) groups is 1. The van der Waals surface area contributed by atoms with Crippen LogP contribution in [0.3, 0.4) is 0 Å². The van der Waals surface area contributed by atoms with Crippen molar-refractivity contribution in [2.75, 3.05) is 25.6 Å². The number of benzene rings is 2. The minimum Gasteiger partial charge on any atom is -0.493 e. The molecule has 0 aliphatic heterocycles. The number of carbonyl (C=O) groups excluding carboxylic acids is 1. The Labute approximate surface area is 206 Å². The number of methoxy groups -OCH3 is 1. The molecular weight excluding hydrogens is 472 g/mol. The van der Waals surface area contributed by atoms with Crippen LogP contribution in [-0.2, 0) is 4.79 Å². The monoisotopic (exact) mass is 496 g/mol. The van der Waals surface area contributed by atoms with E-state index in [1.807, 2.05) is 44.2 Å². The molecule has 0 aliphatic rings.